The van der Waals surface area contributed by atoms with E-state index in [0.717, 1.165) is 4.90 Å². The molecule has 25 heteroatoms. The Morgan fingerprint density at radius 1 is 0.484 bits per heavy atom. The number of hydrogen-bond donors (Lipinski definition) is 5. The average Bonchev–Trinajstić information content (AvgIpc) is 1.14. The smallest absolute Gasteiger partial charge is 0.246 e. The third kappa shape index (κ3) is 25.0. The van der Waals surface area contributed by atoms with Gasteiger partial charge in [-0.2, -0.15) is 11.8 Å². The topological polar surface area (TPSA) is 282 Å². The zero-order valence-corrected chi connectivity index (χ0v) is 62.4. The third-order valence-electron chi connectivity index (χ3n) is 17.7. The highest BCUT2D eigenvalue weighted by Gasteiger charge is 2.46. The molecule has 1 saturated heterocycles. The van der Waals surface area contributed by atoms with Gasteiger partial charge in [0, 0.05) is 67.4 Å². The number of thioether (sulfide) groups is 1. The van der Waals surface area contributed by atoms with Crippen LogP contribution in [0.3, 0.4) is 0 Å². The Balaban J connectivity index is 4.54. The standard InChI is InChI=1S/C68H124N12O12S/c1-27-29-30-45(15)57(81)56-61(85)71-48(28-2)63(87)78(24)53(38-93-34-33-73(18)19)66(90)75(21)50(35-40(5)6)60(84)72-54(43(11)12)67(91)74(20)49(32-31-39(3)4)59(83)69-46(16)58(82)70-47(17)62(86)76(22)51(36-41(7)8)64(88)77(23)52(37-42(9)10)65(89)79(25)55(44(13)14)68(92)80(56)26/h27,29,39-57,81H,28,30-38H2,1-26H3,(H,69,83)(H,70,82)(H,71,85)(H,72,84)/b29-27+/t45-,46-,47+,48+,49-,50+,51+,52+,53-,54-,55+,56+,57-/m1/s1. The van der Waals surface area contributed by atoms with Gasteiger partial charge in [-0.05, 0) is 121 Å². The van der Waals surface area contributed by atoms with Crippen LogP contribution in [-0.2, 0) is 52.7 Å². The van der Waals surface area contributed by atoms with E-state index in [-0.39, 0.29) is 61.5 Å². The average molecular weight is 1330 g/mol. The van der Waals surface area contributed by atoms with Crippen molar-refractivity contribution < 1.29 is 57.8 Å². The monoisotopic (exact) mass is 1330 g/mol. The highest BCUT2D eigenvalue weighted by atomic mass is 32.2. The zero-order valence-electron chi connectivity index (χ0n) is 61.6. The van der Waals surface area contributed by atoms with Crippen molar-refractivity contribution in [3.05, 3.63) is 12.2 Å². The fraction of sp³-hybridized carbons (Fsp3) is 0.809. The van der Waals surface area contributed by atoms with Gasteiger partial charge in [-0.1, -0.05) is 109 Å². The molecule has 0 spiro atoms. The number of amides is 11. The molecule has 0 aromatic carbocycles. The predicted molar refractivity (Wildman–Crippen MR) is 368 cm³/mol. The molecule has 0 aromatic rings. The maximum absolute atomic E-state index is 15.3. The van der Waals surface area contributed by atoms with E-state index in [2.05, 4.69) is 21.3 Å². The van der Waals surface area contributed by atoms with Crippen molar-refractivity contribution in [2.24, 2.45) is 41.4 Å². The fourth-order valence-corrected chi connectivity index (χ4v) is 12.8. The number of carbonyl (C=O) groups is 11. The summed E-state index contributed by atoms with van der Waals surface area (Å²) in [5.74, 6) is -8.83. The number of hydrogen-bond acceptors (Lipinski definition) is 14. The quantitative estimate of drug-likeness (QED) is 0.0791. The molecule has 5 N–H and O–H groups in total. The van der Waals surface area contributed by atoms with E-state index >= 15 is 28.8 Å². The molecule has 0 unspecified atom stereocenters. The molecule has 1 rings (SSSR count). The lowest BCUT2D eigenvalue weighted by atomic mass is 9.91. The van der Waals surface area contributed by atoms with Gasteiger partial charge >= 0.3 is 0 Å². The molecule has 0 bridgehead atoms. The summed E-state index contributed by atoms with van der Waals surface area (Å²) in [6.07, 6.45) is 3.52. The van der Waals surface area contributed by atoms with Crippen LogP contribution in [0.25, 0.3) is 0 Å². The van der Waals surface area contributed by atoms with Gasteiger partial charge in [0.25, 0.3) is 0 Å². The Labute approximate surface area is 562 Å². The Kier molecular flexibility index (Phi) is 36.6. The van der Waals surface area contributed by atoms with Crippen LogP contribution in [-0.4, -0.2) is 263 Å². The molecule has 0 aliphatic carbocycles. The molecular formula is C68H124N12O12S. The van der Waals surface area contributed by atoms with Gasteiger partial charge in [0.1, 0.15) is 66.5 Å². The van der Waals surface area contributed by atoms with Crippen LogP contribution >= 0.6 is 11.8 Å². The highest BCUT2D eigenvalue weighted by Crippen LogP contribution is 2.26. The second-order valence-electron chi connectivity index (χ2n) is 28.5. The number of carbonyl (C=O) groups excluding carboxylic acids is 11. The first-order chi connectivity index (χ1) is 43.0. The molecule has 0 saturated carbocycles. The Morgan fingerprint density at radius 2 is 0.925 bits per heavy atom. The summed E-state index contributed by atoms with van der Waals surface area (Å²) in [5.41, 5.74) is 0. The summed E-state index contributed by atoms with van der Waals surface area (Å²) < 4.78 is 0. The van der Waals surface area contributed by atoms with E-state index in [9.17, 15) is 29.1 Å². The lowest BCUT2D eigenvalue weighted by Gasteiger charge is -2.41. The van der Waals surface area contributed by atoms with Crippen LogP contribution in [0, 0.1) is 41.4 Å². The van der Waals surface area contributed by atoms with Gasteiger partial charge in [0.05, 0.1) is 6.10 Å². The molecule has 1 aliphatic heterocycles. The van der Waals surface area contributed by atoms with Crippen LogP contribution in [0.1, 0.15) is 163 Å². The lowest BCUT2D eigenvalue weighted by Crippen LogP contribution is -2.64. The van der Waals surface area contributed by atoms with Crippen molar-refractivity contribution in [2.45, 2.75) is 235 Å². The number of allylic oxidation sites excluding steroid dienone is 2. The molecule has 11 amide bonds. The van der Waals surface area contributed by atoms with Gasteiger partial charge in [-0.3, -0.25) is 52.7 Å². The van der Waals surface area contributed by atoms with Gasteiger partial charge in [-0.15, -0.1) is 0 Å². The molecular weight excluding hydrogens is 1210 g/mol. The maximum Gasteiger partial charge on any atom is 0.246 e. The highest BCUT2D eigenvalue weighted by molar-refractivity contribution is 7.99. The van der Waals surface area contributed by atoms with Crippen LogP contribution in [0.5, 0.6) is 0 Å². The molecule has 24 nitrogen and oxygen atoms in total. The van der Waals surface area contributed by atoms with E-state index < -0.39 is 155 Å². The predicted octanol–water partition coefficient (Wildman–Crippen LogP) is 4.32. The lowest BCUT2D eigenvalue weighted by molar-refractivity contribution is -0.157. The maximum atomic E-state index is 15.3. The van der Waals surface area contributed by atoms with Crippen molar-refractivity contribution in [1.29, 1.82) is 0 Å². The molecule has 13 atom stereocenters. The summed E-state index contributed by atoms with van der Waals surface area (Å²) >= 11 is 1.41. The molecule has 1 aliphatic rings. The summed E-state index contributed by atoms with van der Waals surface area (Å²) in [4.78, 5) is 175. The minimum absolute atomic E-state index is 0.00977. The Bertz CT molecular complexity index is 2510. The summed E-state index contributed by atoms with van der Waals surface area (Å²) in [6, 6.07) is -13.7. The van der Waals surface area contributed by atoms with Crippen molar-refractivity contribution in [2.75, 3.05) is 81.5 Å². The van der Waals surface area contributed by atoms with E-state index in [1.165, 1.54) is 104 Å². The minimum atomic E-state index is -1.63. The molecule has 534 valence electrons. The molecule has 1 heterocycles. The molecule has 1 fully saturated rings. The van der Waals surface area contributed by atoms with Gasteiger partial charge in [0.15, 0.2) is 0 Å². The van der Waals surface area contributed by atoms with Crippen molar-refractivity contribution in [1.82, 2.24) is 60.5 Å². The second-order valence-corrected chi connectivity index (χ2v) is 29.7. The van der Waals surface area contributed by atoms with Gasteiger partial charge in [-0.25, -0.2) is 0 Å². The van der Waals surface area contributed by atoms with Gasteiger partial charge < -0.3 is 65.6 Å². The largest absolute Gasteiger partial charge is 0.390 e. The Morgan fingerprint density at radius 3 is 1.40 bits per heavy atom. The fourth-order valence-electron chi connectivity index (χ4n) is 11.5. The zero-order chi connectivity index (χ0) is 72.0. The molecule has 0 aromatic heterocycles. The van der Waals surface area contributed by atoms with Crippen molar-refractivity contribution in [3.8, 4) is 0 Å². The van der Waals surface area contributed by atoms with Crippen LogP contribution in [0.4, 0.5) is 0 Å². The summed E-state index contributed by atoms with van der Waals surface area (Å²) in [7, 11) is 13.9. The first-order valence-electron chi connectivity index (χ1n) is 33.6. The third-order valence-corrected chi connectivity index (χ3v) is 18.7. The van der Waals surface area contributed by atoms with E-state index in [1.54, 1.807) is 47.6 Å². The van der Waals surface area contributed by atoms with E-state index in [4.69, 9.17) is 0 Å². The minimum Gasteiger partial charge on any atom is -0.390 e. The number of aliphatic hydroxyl groups excluding tert-OH is 1. The number of nitrogens with one attached hydrogen (secondary N) is 4. The van der Waals surface area contributed by atoms with Crippen LogP contribution in [0.2, 0.25) is 0 Å². The van der Waals surface area contributed by atoms with E-state index in [1.807, 2.05) is 87.4 Å². The van der Waals surface area contributed by atoms with Crippen molar-refractivity contribution in [3.63, 3.8) is 0 Å². The number of likely N-dealkylation sites (N-methyl/N-ethyl adjacent to an activating group) is 7. The first-order valence-corrected chi connectivity index (χ1v) is 34.8. The van der Waals surface area contributed by atoms with Gasteiger partial charge in [0.2, 0.25) is 65.0 Å². The summed E-state index contributed by atoms with van der Waals surface area (Å²) in [6.45, 7) is 30.9. The summed E-state index contributed by atoms with van der Waals surface area (Å²) in [5, 5.41) is 23.5. The number of rotatable bonds is 21. The molecule has 0 radical (unpaired) electrons. The SMILES string of the molecule is C/C=C/C[C@@H](C)[C@@H](O)[C@H]1C(=O)N[C@@H](CC)C(=O)N(C)[C@H](CSCCN(C)C)C(=O)N(C)[C@@H](CC(C)C)C(=O)N[C@H](C(C)C)C(=O)N(C)[C@H](CCC(C)C)C(=O)N[C@H](C)C(=O)N[C@@H](C)C(=O)N(C)[C@@H](CC(C)C)C(=O)N(C)[C@@H](CC(C)C)C(=O)N(C)[C@@H](C(C)C)C(=O)N1C. The van der Waals surface area contributed by atoms with Crippen LogP contribution in [0.15, 0.2) is 12.2 Å². The van der Waals surface area contributed by atoms with E-state index in [0.29, 0.717) is 25.1 Å². The normalized spacial score (nSPS) is 26.5. The molecule has 93 heavy (non-hydrogen) atoms. The second kappa shape index (κ2) is 39.9. The first kappa shape index (κ1) is 85.2. The Hall–Kier alpha value is -5.82. The van der Waals surface area contributed by atoms with Crippen molar-refractivity contribution >= 4 is 76.7 Å². The number of aliphatic hydroxyl groups is 1. The number of nitrogens with zero attached hydrogens (tertiary/aromatic N) is 8. The van der Waals surface area contributed by atoms with Crippen LogP contribution < -0.4 is 21.3 Å².